The zero-order chi connectivity index (χ0) is 24.6. The molecule has 1 aromatic carbocycles. The van der Waals surface area contributed by atoms with Crippen molar-refractivity contribution in [3.05, 3.63) is 47.0 Å². The van der Waals surface area contributed by atoms with Crippen LogP contribution in [0.3, 0.4) is 0 Å². The number of amides is 2. The fourth-order valence-electron chi connectivity index (χ4n) is 5.50. The first kappa shape index (κ1) is 23.7. The highest BCUT2D eigenvalue weighted by Crippen LogP contribution is 2.35. The van der Waals surface area contributed by atoms with Crippen LogP contribution in [-0.4, -0.2) is 53.6 Å². The van der Waals surface area contributed by atoms with Crippen molar-refractivity contribution in [1.29, 1.82) is 0 Å². The molecule has 1 aliphatic carbocycles. The SMILES string of the molecule is COc1ccc(CCN2C(=O)c3cc4sccc4n3C[C@]2(C)C(=O)NC2CCCCC2)c(OC)c1. The number of nitrogens with one attached hydrogen (secondary N) is 1. The van der Waals surface area contributed by atoms with E-state index in [1.54, 1.807) is 30.5 Å². The van der Waals surface area contributed by atoms with Gasteiger partial charge in [0.1, 0.15) is 22.7 Å². The Bertz CT molecular complexity index is 1240. The maximum absolute atomic E-state index is 13.9. The van der Waals surface area contributed by atoms with Gasteiger partial charge in [0.05, 0.1) is 31.0 Å². The Morgan fingerprint density at radius 3 is 2.69 bits per heavy atom. The number of hydrogen-bond donors (Lipinski definition) is 1. The highest BCUT2D eigenvalue weighted by atomic mass is 32.1. The maximum atomic E-state index is 13.9. The summed E-state index contributed by atoms with van der Waals surface area (Å²) in [4.78, 5) is 29.4. The van der Waals surface area contributed by atoms with Gasteiger partial charge in [-0.05, 0) is 55.3 Å². The lowest BCUT2D eigenvalue weighted by molar-refractivity contribution is -0.133. The van der Waals surface area contributed by atoms with E-state index in [9.17, 15) is 9.59 Å². The summed E-state index contributed by atoms with van der Waals surface area (Å²) in [5.41, 5.74) is 1.65. The summed E-state index contributed by atoms with van der Waals surface area (Å²) in [5.74, 6) is 1.26. The van der Waals surface area contributed by atoms with Crippen molar-refractivity contribution in [3.8, 4) is 11.5 Å². The molecule has 1 saturated carbocycles. The van der Waals surface area contributed by atoms with Crippen molar-refractivity contribution in [1.82, 2.24) is 14.8 Å². The Balaban J connectivity index is 1.46. The fourth-order valence-corrected chi connectivity index (χ4v) is 6.32. The third-order valence-electron chi connectivity index (χ3n) is 7.58. The van der Waals surface area contributed by atoms with Gasteiger partial charge in [-0.2, -0.15) is 0 Å². The second-order valence-electron chi connectivity index (χ2n) is 9.75. The van der Waals surface area contributed by atoms with E-state index in [-0.39, 0.29) is 17.9 Å². The van der Waals surface area contributed by atoms with E-state index in [1.165, 1.54) is 6.42 Å². The molecule has 0 unspecified atom stereocenters. The van der Waals surface area contributed by atoms with Gasteiger partial charge in [0.25, 0.3) is 5.91 Å². The first-order valence-electron chi connectivity index (χ1n) is 12.3. The van der Waals surface area contributed by atoms with Crippen LogP contribution in [0.2, 0.25) is 0 Å². The average molecular weight is 496 g/mol. The van der Waals surface area contributed by atoms with Crippen molar-refractivity contribution < 1.29 is 19.1 Å². The minimum absolute atomic E-state index is 0.0674. The number of aromatic nitrogens is 1. The normalized spacial score (nSPS) is 20.7. The highest BCUT2D eigenvalue weighted by Gasteiger charge is 2.48. The molecule has 2 amide bonds. The standard InChI is InChI=1S/C27H33N3O4S/c1-27(26(32)28-19-7-5-4-6-8-19)17-29-21-12-14-35-24(21)16-22(29)25(31)30(27)13-11-18-9-10-20(33-2)15-23(18)34-3/h9-10,12,14-16,19H,4-8,11,13,17H2,1-3H3,(H,28,32)/t27-/m1/s1. The van der Waals surface area contributed by atoms with Crippen LogP contribution >= 0.6 is 11.3 Å². The lowest BCUT2D eigenvalue weighted by Gasteiger charge is -2.45. The van der Waals surface area contributed by atoms with Crippen LogP contribution in [0.1, 0.15) is 55.1 Å². The molecule has 3 aromatic rings. The molecular formula is C27H33N3O4S. The predicted molar refractivity (Wildman–Crippen MR) is 138 cm³/mol. The molecule has 2 aromatic heterocycles. The summed E-state index contributed by atoms with van der Waals surface area (Å²) in [5, 5.41) is 5.33. The number of carbonyl (C=O) groups is 2. The van der Waals surface area contributed by atoms with Crippen LogP contribution < -0.4 is 14.8 Å². The highest BCUT2D eigenvalue weighted by molar-refractivity contribution is 7.17. The van der Waals surface area contributed by atoms with E-state index in [2.05, 4.69) is 5.32 Å². The fraction of sp³-hybridized carbons (Fsp3) is 0.481. The Morgan fingerprint density at radius 1 is 1.14 bits per heavy atom. The molecule has 0 radical (unpaired) electrons. The smallest absolute Gasteiger partial charge is 0.271 e. The van der Waals surface area contributed by atoms with Crippen LogP contribution in [0.15, 0.2) is 35.7 Å². The Kier molecular flexibility index (Phi) is 6.49. The summed E-state index contributed by atoms with van der Waals surface area (Å²) >= 11 is 1.62. The van der Waals surface area contributed by atoms with Crippen LogP contribution in [-0.2, 0) is 17.8 Å². The predicted octanol–water partition coefficient (Wildman–Crippen LogP) is 4.63. The van der Waals surface area contributed by atoms with Crippen molar-refractivity contribution in [3.63, 3.8) is 0 Å². The molecule has 1 N–H and O–H groups in total. The molecule has 1 aliphatic heterocycles. The van der Waals surface area contributed by atoms with E-state index < -0.39 is 5.54 Å². The molecule has 2 aliphatic rings. The van der Waals surface area contributed by atoms with Crippen molar-refractivity contribution >= 4 is 33.4 Å². The zero-order valence-corrected chi connectivity index (χ0v) is 21.5. The first-order chi connectivity index (χ1) is 16.9. The lowest BCUT2D eigenvalue weighted by atomic mass is 9.91. The topological polar surface area (TPSA) is 72.8 Å². The quantitative estimate of drug-likeness (QED) is 0.519. The van der Waals surface area contributed by atoms with Gasteiger partial charge >= 0.3 is 0 Å². The number of hydrogen-bond acceptors (Lipinski definition) is 5. The monoisotopic (exact) mass is 495 g/mol. The Morgan fingerprint density at radius 2 is 1.94 bits per heavy atom. The van der Waals surface area contributed by atoms with Gasteiger partial charge in [-0.15, -0.1) is 11.3 Å². The van der Waals surface area contributed by atoms with E-state index >= 15 is 0 Å². The number of ether oxygens (including phenoxy) is 2. The van der Waals surface area contributed by atoms with Gasteiger partial charge in [-0.3, -0.25) is 9.59 Å². The number of methoxy groups -OCH3 is 2. The molecule has 0 bridgehead atoms. The summed E-state index contributed by atoms with van der Waals surface area (Å²) in [7, 11) is 3.25. The molecule has 1 fully saturated rings. The van der Waals surface area contributed by atoms with Crippen molar-refractivity contribution in [2.24, 2.45) is 0 Å². The van der Waals surface area contributed by atoms with Gasteiger partial charge in [-0.25, -0.2) is 0 Å². The van der Waals surface area contributed by atoms with Crippen molar-refractivity contribution in [2.75, 3.05) is 20.8 Å². The summed E-state index contributed by atoms with van der Waals surface area (Å²) in [6.45, 7) is 2.76. The molecule has 5 rings (SSSR count). The molecule has 3 heterocycles. The average Bonchev–Trinajstić information content (AvgIpc) is 3.47. The molecule has 0 spiro atoms. The number of rotatable bonds is 7. The molecule has 186 valence electrons. The summed E-state index contributed by atoms with van der Waals surface area (Å²) < 4.78 is 14.0. The van der Waals surface area contributed by atoms with Crippen LogP contribution in [0.25, 0.3) is 10.2 Å². The largest absolute Gasteiger partial charge is 0.497 e. The zero-order valence-electron chi connectivity index (χ0n) is 20.6. The van der Waals surface area contributed by atoms with Gasteiger partial charge < -0.3 is 24.3 Å². The lowest BCUT2D eigenvalue weighted by Crippen LogP contribution is -2.65. The third kappa shape index (κ3) is 4.29. The molecule has 8 heteroatoms. The van der Waals surface area contributed by atoms with Crippen LogP contribution in [0.5, 0.6) is 11.5 Å². The Hall–Kier alpha value is -3.00. The summed E-state index contributed by atoms with van der Waals surface area (Å²) in [6.07, 6.45) is 6.07. The van der Waals surface area contributed by atoms with Gasteiger partial charge in [-0.1, -0.05) is 25.3 Å². The van der Waals surface area contributed by atoms with Gasteiger partial charge in [0.15, 0.2) is 0 Å². The van der Waals surface area contributed by atoms with Gasteiger partial charge in [0, 0.05) is 18.7 Å². The van der Waals surface area contributed by atoms with E-state index in [0.29, 0.717) is 36.7 Å². The van der Waals surface area contributed by atoms with Crippen LogP contribution in [0, 0.1) is 0 Å². The number of carbonyl (C=O) groups excluding carboxylic acids is 2. The first-order valence-corrected chi connectivity index (χ1v) is 13.2. The van der Waals surface area contributed by atoms with Gasteiger partial charge in [0.2, 0.25) is 5.91 Å². The Labute approximate surface area is 210 Å². The second-order valence-corrected chi connectivity index (χ2v) is 10.7. The minimum Gasteiger partial charge on any atom is -0.497 e. The number of thiophene rings is 1. The van der Waals surface area contributed by atoms with Crippen molar-refractivity contribution in [2.45, 2.75) is 63.6 Å². The minimum atomic E-state index is -0.991. The van der Waals surface area contributed by atoms with Crippen LogP contribution in [0.4, 0.5) is 0 Å². The molecular weight excluding hydrogens is 462 g/mol. The molecule has 7 nitrogen and oxygen atoms in total. The maximum Gasteiger partial charge on any atom is 0.271 e. The van der Waals surface area contributed by atoms with E-state index in [4.69, 9.17) is 9.47 Å². The summed E-state index contributed by atoms with van der Waals surface area (Å²) in [6, 6.07) is 9.88. The second kappa shape index (κ2) is 9.57. The molecule has 1 atom stereocenters. The molecule has 0 saturated heterocycles. The van der Waals surface area contributed by atoms with E-state index in [0.717, 1.165) is 41.5 Å². The number of fused-ring (bicyclic) bond motifs is 3. The molecule has 35 heavy (non-hydrogen) atoms. The number of benzene rings is 1. The van der Waals surface area contributed by atoms with E-state index in [1.807, 2.05) is 47.2 Å². The number of nitrogens with zero attached hydrogens (tertiary/aromatic N) is 2. The third-order valence-corrected chi connectivity index (χ3v) is 8.43.